The van der Waals surface area contributed by atoms with Gasteiger partial charge in [-0.25, -0.2) is 0 Å². The van der Waals surface area contributed by atoms with Gasteiger partial charge >= 0.3 is 0 Å². The molecule has 1 aliphatic carbocycles. The predicted molar refractivity (Wildman–Crippen MR) is 111 cm³/mol. The number of fused-ring (bicyclic) bond motifs is 1. The van der Waals surface area contributed by atoms with Gasteiger partial charge in [0.25, 0.3) is 5.91 Å². The monoisotopic (exact) mass is 372 g/mol. The second kappa shape index (κ2) is 6.89. The van der Waals surface area contributed by atoms with Crippen LogP contribution < -0.4 is 4.90 Å². The third kappa shape index (κ3) is 3.01. The minimum atomic E-state index is 0.104. The van der Waals surface area contributed by atoms with Crippen LogP contribution in [0.1, 0.15) is 41.7 Å². The maximum atomic E-state index is 12.9. The maximum absolute atomic E-state index is 12.9. The fourth-order valence-electron chi connectivity index (χ4n) is 4.20. The Morgan fingerprint density at radius 1 is 0.929 bits per heavy atom. The Morgan fingerprint density at radius 2 is 1.64 bits per heavy atom. The second-order valence-corrected chi connectivity index (χ2v) is 7.89. The second-order valence-electron chi connectivity index (χ2n) is 7.89. The number of aromatic nitrogens is 2. The van der Waals surface area contributed by atoms with Crippen molar-refractivity contribution >= 4 is 22.5 Å². The first-order valence-corrected chi connectivity index (χ1v) is 10.1. The van der Waals surface area contributed by atoms with Crippen LogP contribution in [0.5, 0.6) is 0 Å². The van der Waals surface area contributed by atoms with E-state index in [2.05, 4.69) is 46.3 Å². The zero-order valence-corrected chi connectivity index (χ0v) is 16.1. The van der Waals surface area contributed by atoms with Gasteiger partial charge in [0.1, 0.15) is 0 Å². The minimum Gasteiger partial charge on any atom is -0.351 e. The fraction of sp³-hybridized carbons (Fsp3) is 0.348. The number of anilines is 1. The molecule has 28 heavy (non-hydrogen) atoms. The average Bonchev–Trinajstić information content (AvgIpc) is 3.58. The lowest BCUT2D eigenvalue weighted by Crippen LogP contribution is -2.54. The van der Waals surface area contributed by atoms with E-state index < -0.39 is 0 Å². The number of nitrogens with zero attached hydrogens (tertiary/aromatic N) is 4. The summed E-state index contributed by atoms with van der Waals surface area (Å²) in [5, 5.41) is 11.6. The van der Waals surface area contributed by atoms with Crippen molar-refractivity contribution < 1.29 is 4.79 Å². The molecule has 0 radical (unpaired) electrons. The summed E-state index contributed by atoms with van der Waals surface area (Å²) in [5.74, 6) is 1.62. The first-order chi connectivity index (χ1) is 13.7. The maximum Gasteiger partial charge on any atom is 0.254 e. The van der Waals surface area contributed by atoms with Gasteiger partial charge in [0, 0.05) is 47.9 Å². The highest BCUT2D eigenvalue weighted by atomic mass is 16.2. The first kappa shape index (κ1) is 17.2. The van der Waals surface area contributed by atoms with Crippen molar-refractivity contribution in [1.82, 2.24) is 15.1 Å². The summed E-state index contributed by atoms with van der Waals surface area (Å²) in [6.07, 6.45) is 2.44. The molecule has 3 aromatic rings. The molecule has 2 aromatic carbocycles. The standard InChI is InChI=1S/C23H24N4O/c1-16-15-26(13-14-27(16)23(28)18-7-3-2-4-8-18)22-20-10-6-5-9-19(20)21(24-25-22)17-11-12-17/h2-10,16-17H,11-15H2,1H3/t16-/m0/s1. The molecule has 0 bridgehead atoms. The van der Waals surface area contributed by atoms with Crippen molar-refractivity contribution in [3.8, 4) is 0 Å². The van der Waals surface area contributed by atoms with E-state index in [-0.39, 0.29) is 11.9 Å². The van der Waals surface area contributed by atoms with Crippen LogP contribution in [0.15, 0.2) is 54.6 Å². The number of carbonyl (C=O) groups excluding carboxylic acids is 1. The van der Waals surface area contributed by atoms with Crippen molar-refractivity contribution in [1.29, 1.82) is 0 Å². The zero-order chi connectivity index (χ0) is 19.1. The molecule has 1 aromatic heterocycles. The van der Waals surface area contributed by atoms with E-state index in [1.54, 1.807) is 0 Å². The summed E-state index contributed by atoms with van der Waals surface area (Å²) in [6, 6.07) is 18.1. The Morgan fingerprint density at radius 3 is 2.36 bits per heavy atom. The van der Waals surface area contributed by atoms with Crippen molar-refractivity contribution in [3.63, 3.8) is 0 Å². The van der Waals surface area contributed by atoms with Gasteiger partial charge in [-0.1, -0.05) is 42.5 Å². The van der Waals surface area contributed by atoms with Gasteiger partial charge in [0.05, 0.1) is 5.69 Å². The number of amides is 1. The molecule has 2 aliphatic rings. The number of rotatable bonds is 3. The number of carbonyl (C=O) groups is 1. The predicted octanol–water partition coefficient (Wildman–Crippen LogP) is 3.86. The smallest absolute Gasteiger partial charge is 0.254 e. The topological polar surface area (TPSA) is 49.3 Å². The summed E-state index contributed by atoms with van der Waals surface area (Å²) in [6.45, 7) is 4.33. The fourth-order valence-corrected chi connectivity index (χ4v) is 4.20. The lowest BCUT2D eigenvalue weighted by molar-refractivity contribution is 0.0674. The lowest BCUT2D eigenvalue weighted by Gasteiger charge is -2.40. The molecule has 1 saturated heterocycles. The van der Waals surface area contributed by atoms with Crippen LogP contribution in [0.2, 0.25) is 0 Å². The average molecular weight is 372 g/mol. The van der Waals surface area contributed by atoms with Crippen LogP contribution in [0.3, 0.4) is 0 Å². The highest BCUT2D eigenvalue weighted by molar-refractivity contribution is 5.95. The SMILES string of the molecule is C[C@H]1CN(c2nnc(C3CC3)c3ccccc23)CCN1C(=O)c1ccccc1. The largest absolute Gasteiger partial charge is 0.351 e. The molecule has 142 valence electrons. The number of piperazine rings is 1. The summed E-state index contributed by atoms with van der Waals surface area (Å²) in [7, 11) is 0. The van der Waals surface area contributed by atoms with E-state index in [0.29, 0.717) is 12.5 Å². The molecular weight excluding hydrogens is 348 g/mol. The molecule has 1 saturated carbocycles. The van der Waals surface area contributed by atoms with E-state index in [4.69, 9.17) is 0 Å². The number of hydrogen-bond acceptors (Lipinski definition) is 4. The molecular formula is C23H24N4O. The molecule has 0 spiro atoms. The van der Waals surface area contributed by atoms with Gasteiger partial charge in [0.2, 0.25) is 0 Å². The highest BCUT2D eigenvalue weighted by Gasteiger charge is 2.31. The molecule has 0 unspecified atom stereocenters. The van der Waals surface area contributed by atoms with Crippen LogP contribution in [0.25, 0.3) is 10.8 Å². The van der Waals surface area contributed by atoms with Gasteiger partial charge < -0.3 is 9.80 Å². The first-order valence-electron chi connectivity index (χ1n) is 10.1. The van der Waals surface area contributed by atoms with Crippen molar-refractivity contribution in [2.45, 2.75) is 31.7 Å². The van der Waals surface area contributed by atoms with Crippen LogP contribution in [0, 0.1) is 0 Å². The normalized spacial score (nSPS) is 19.8. The van der Waals surface area contributed by atoms with E-state index in [1.807, 2.05) is 35.2 Å². The van der Waals surface area contributed by atoms with Gasteiger partial charge in [-0.2, -0.15) is 5.10 Å². The highest BCUT2D eigenvalue weighted by Crippen LogP contribution is 2.42. The Hall–Kier alpha value is -2.95. The quantitative estimate of drug-likeness (QED) is 0.701. The van der Waals surface area contributed by atoms with Gasteiger partial charge in [0.15, 0.2) is 5.82 Å². The van der Waals surface area contributed by atoms with E-state index in [9.17, 15) is 4.79 Å². The number of benzene rings is 2. The van der Waals surface area contributed by atoms with Crippen molar-refractivity contribution in [2.75, 3.05) is 24.5 Å². The molecule has 0 N–H and O–H groups in total. The Kier molecular flexibility index (Phi) is 4.23. The van der Waals surface area contributed by atoms with Gasteiger partial charge in [-0.15, -0.1) is 5.10 Å². The van der Waals surface area contributed by atoms with Crippen LogP contribution in [-0.4, -0.2) is 46.7 Å². The minimum absolute atomic E-state index is 0.104. The molecule has 5 heteroatoms. The molecule has 2 fully saturated rings. The van der Waals surface area contributed by atoms with E-state index in [0.717, 1.165) is 30.2 Å². The van der Waals surface area contributed by atoms with Gasteiger partial charge in [-0.3, -0.25) is 4.79 Å². The third-order valence-electron chi connectivity index (χ3n) is 5.87. The van der Waals surface area contributed by atoms with Crippen molar-refractivity contribution in [2.24, 2.45) is 0 Å². The summed E-state index contributed by atoms with van der Waals surface area (Å²) >= 11 is 0. The molecule has 1 aliphatic heterocycles. The van der Waals surface area contributed by atoms with Crippen LogP contribution in [-0.2, 0) is 0 Å². The molecule has 1 atom stereocenters. The molecule has 5 nitrogen and oxygen atoms in total. The molecule has 2 heterocycles. The van der Waals surface area contributed by atoms with E-state index in [1.165, 1.54) is 23.6 Å². The Balaban J connectivity index is 1.41. The van der Waals surface area contributed by atoms with Crippen LogP contribution >= 0.6 is 0 Å². The summed E-state index contributed by atoms with van der Waals surface area (Å²) in [5.41, 5.74) is 1.90. The lowest BCUT2D eigenvalue weighted by atomic mass is 10.1. The summed E-state index contributed by atoms with van der Waals surface area (Å²) in [4.78, 5) is 17.1. The Labute approximate surface area is 165 Å². The van der Waals surface area contributed by atoms with Crippen LogP contribution in [0.4, 0.5) is 5.82 Å². The van der Waals surface area contributed by atoms with E-state index >= 15 is 0 Å². The molecule has 5 rings (SSSR count). The van der Waals surface area contributed by atoms with Gasteiger partial charge in [-0.05, 0) is 31.9 Å². The molecule has 1 amide bonds. The Bertz CT molecular complexity index is 1020. The van der Waals surface area contributed by atoms with Crippen molar-refractivity contribution in [3.05, 3.63) is 65.9 Å². The summed E-state index contributed by atoms with van der Waals surface area (Å²) < 4.78 is 0. The zero-order valence-electron chi connectivity index (χ0n) is 16.1. The third-order valence-corrected chi connectivity index (χ3v) is 5.87. The number of hydrogen-bond donors (Lipinski definition) is 0.